The summed E-state index contributed by atoms with van der Waals surface area (Å²) in [5.41, 5.74) is 0. The van der Waals surface area contributed by atoms with Crippen LogP contribution < -0.4 is 5.32 Å². The molecule has 0 saturated heterocycles. The molecule has 1 nitrogen and oxygen atoms in total. The van der Waals surface area contributed by atoms with E-state index in [1.165, 1.54) is 77.2 Å². The Bertz CT molecular complexity index is 198. The van der Waals surface area contributed by atoms with Crippen molar-refractivity contribution in [3.8, 4) is 0 Å². The van der Waals surface area contributed by atoms with Gasteiger partial charge in [0.2, 0.25) is 0 Å². The molecule has 0 heterocycles. The van der Waals surface area contributed by atoms with Gasteiger partial charge in [0.15, 0.2) is 0 Å². The zero-order chi connectivity index (χ0) is 11.9. The molecule has 0 aliphatic heterocycles. The van der Waals surface area contributed by atoms with Crippen LogP contribution in [0, 0.1) is 11.8 Å². The fourth-order valence-corrected chi connectivity index (χ4v) is 3.37. The second-order valence-electron chi connectivity index (χ2n) is 6.34. The minimum absolute atomic E-state index is 0.901. The topological polar surface area (TPSA) is 12.0 Å². The van der Waals surface area contributed by atoms with Crippen molar-refractivity contribution in [3.63, 3.8) is 0 Å². The summed E-state index contributed by atoms with van der Waals surface area (Å²) < 4.78 is 0. The highest BCUT2D eigenvalue weighted by Crippen LogP contribution is 2.34. The van der Waals surface area contributed by atoms with E-state index >= 15 is 0 Å². The van der Waals surface area contributed by atoms with E-state index in [1.807, 2.05) is 0 Å². The van der Waals surface area contributed by atoms with Gasteiger partial charge in [0.25, 0.3) is 0 Å². The molecule has 0 aromatic rings. The van der Waals surface area contributed by atoms with Crippen LogP contribution in [-0.2, 0) is 0 Å². The smallest absolute Gasteiger partial charge is 0.00683 e. The molecule has 2 aliphatic carbocycles. The lowest BCUT2D eigenvalue weighted by molar-refractivity contribution is 0.212. The van der Waals surface area contributed by atoms with Gasteiger partial charge in [0.05, 0.1) is 0 Å². The highest BCUT2D eigenvalue weighted by Gasteiger charge is 2.27. The van der Waals surface area contributed by atoms with Crippen molar-refractivity contribution in [2.24, 2.45) is 11.8 Å². The molecule has 2 saturated carbocycles. The first-order valence-electron chi connectivity index (χ1n) is 8.13. The normalized spacial score (nSPS) is 29.5. The number of rotatable bonds is 8. The van der Waals surface area contributed by atoms with Crippen molar-refractivity contribution >= 4 is 0 Å². The SMILES string of the molecule is CCCCCCC1CCCCC1CNC1CC1. The van der Waals surface area contributed by atoms with Crippen LogP contribution in [0.3, 0.4) is 0 Å². The van der Waals surface area contributed by atoms with Crippen molar-refractivity contribution < 1.29 is 0 Å². The van der Waals surface area contributed by atoms with Crippen LogP contribution in [-0.4, -0.2) is 12.6 Å². The van der Waals surface area contributed by atoms with Crippen LogP contribution >= 0.6 is 0 Å². The molecule has 0 aromatic heterocycles. The van der Waals surface area contributed by atoms with E-state index in [0.29, 0.717) is 0 Å². The van der Waals surface area contributed by atoms with Crippen molar-refractivity contribution in [1.29, 1.82) is 0 Å². The summed E-state index contributed by atoms with van der Waals surface area (Å²) in [4.78, 5) is 0. The van der Waals surface area contributed by atoms with E-state index in [0.717, 1.165) is 17.9 Å². The Morgan fingerprint density at radius 3 is 2.35 bits per heavy atom. The Balaban J connectivity index is 1.63. The van der Waals surface area contributed by atoms with Crippen LogP contribution in [0.15, 0.2) is 0 Å². The second kappa shape index (κ2) is 7.41. The second-order valence-corrected chi connectivity index (χ2v) is 6.34. The third-order valence-corrected chi connectivity index (χ3v) is 4.74. The standard InChI is InChI=1S/C16H31N/c1-2-3-4-5-8-14-9-6-7-10-15(14)13-17-16-11-12-16/h14-17H,2-13H2,1H3. The lowest BCUT2D eigenvalue weighted by atomic mass is 9.76. The first kappa shape index (κ1) is 13.4. The van der Waals surface area contributed by atoms with Gasteiger partial charge in [-0.25, -0.2) is 0 Å². The maximum atomic E-state index is 3.76. The average Bonchev–Trinajstić information content (AvgIpc) is 3.17. The van der Waals surface area contributed by atoms with Crippen LogP contribution in [0.5, 0.6) is 0 Å². The lowest BCUT2D eigenvalue weighted by Crippen LogP contribution is -2.31. The van der Waals surface area contributed by atoms with Crippen molar-refractivity contribution in [3.05, 3.63) is 0 Å². The van der Waals surface area contributed by atoms with E-state index in [9.17, 15) is 0 Å². The van der Waals surface area contributed by atoms with Gasteiger partial charge in [-0.1, -0.05) is 58.3 Å². The van der Waals surface area contributed by atoms with Crippen LogP contribution in [0.4, 0.5) is 0 Å². The Hall–Kier alpha value is -0.0400. The predicted octanol–water partition coefficient (Wildman–Crippen LogP) is 4.52. The Morgan fingerprint density at radius 1 is 0.882 bits per heavy atom. The van der Waals surface area contributed by atoms with Gasteiger partial charge in [-0.3, -0.25) is 0 Å². The third-order valence-electron chi connectivity index (χ3n) is 4.74. The highest BCUT2D eigenvalue weighted by atomic mass is 14.9. The van der Waals surface area contributed by atoms with Crippen molar-refractivity contribution in [1.82, 2.24) is 5.32 Å². The van der Waals surface area contributed by atoms with E-state index in [4.69, 9.17) is 0 Å². The molecule has 2 unspecified atom stereocenters. The zero-order valence-electron chi connectivity index (χ0n) is 11.7. The Morgan fingerprint density at radius 2 is 1.65 bits per heavy atom. The van der Waals surface area contributed by atoms with Crippen molar-refractivity contribution in [2.45, 2.75) is 83.6 Å². The molecule has 2 rings (SSSR count). The quantitative estimate of drug-likeness (QED) is 0.612. The van der Waals surface area contributed by atoms with E-state index in [1.54, 1.807) is 0 Å². The first-order chi connectivity index (χ1) is 8.40. The van der Waals surface area contributed by atoms with Crippen LogP contribution in [0.2, 0.25) is 0 Å². The number of unbranched alkanes of at least 4 members (excludes halogenated alkanes) is 3. The monoisotopic (exact) mass is 237 g/mol. The lowest BCUT2D eigenvalue weighted by Gasteiger charge is -2.32. The van der Waals surface area contributed by atoms with Crippen molar-refractivity contribution in [2.75, 3.05) is 6.54 Å². The molecule has 100 valence electrons. The summed E-state index contributed by atoms with van der Waals surface area (Å²) in [6, 6.07) is 0.901. The maximum absolute atomic E-state index is 3.76. The Labute approximate surface area is 108 Å². The van der Waals surface area contributed by atoms with Gasteiger partial charge < -0.3 is 5.32 Å². The Kier molecular flexibility index (Phi) is 5.84. The van der Waals surface area contributed by atoms with E-state index in [2.05, 4.69) is 12.2 Å². The molecule has 2 atom stereocenters. The van der Waals surface area contributed by atoms with Gasteiger partial charge in [-0.05, 0) is 37.6 Å². The van der Waals surface area contributed by atoms with Crippen LogP contribution in [0.25, 0.3) is 0 Å². The van der Waals surface area contributed by atoms with Gasteiger partial charge in [0.1, 0.15) is 0 Å². The third kappa shape index (κ3) is 4.99. The van der Waals surface area contributed by atoms with Gasteiger partial charge in [0, 0.05) is 6.04 Å². The molecule has 0 radical (unpaired) electrons. The molecule has 0 amide bonds. The highest BCUT2D eigenvalue weighted by molar-refractivity contribution is 4.84. The first-order valence-corrected chi connectivity index (χ1v) is 8.13. The number of hydrogen-bond acceptors (Lipinski definition) is 1. The minimum Gasteiger partial charge on any atom is -0.314 e. The summed E-state index contributed by atoms with van der Waals surface area (Å²) >= 11 is 0. The molecule has 1 heteroatoms. The average molecular weight is 237 g/mol. The minimum atomic E-state index is 0.901. The van der Waals surface area contributed by atoms with Gasteiger partial charge in [-0.15, -0.1) is 0 Å². The maximum Gasteiger partial charge on any atom is 0.00683 e. The summed E-state index contributed by atoms with van der Waals surface area (Å²) in [7, 11) is 0. The predicted molar refractivity (Wildman–Crippen MR) is 75.2 cm³/mol. The molecule has 0 aromatic carbocycles. The van der Waals surface area contributed by atoms with Gasteiger partial charge in [-0.2, -0.15) is 0 Å². The largest absolute Gasteiger partial charge is 0.314 e. The molecule has 2 aliphatic rings. The van der Waals surface area contributed by atoms with Crippen LogP contribution in [0.1, 0.15) is 77.6 Å². The zero-order valence-corrected chi connectivity index (χ0v) is 11.7. The summed E-state index contributed by atoms with van der Waals surface area (Å²) in [5.74, 6) is 2.05. The molecule has 1 N–H and O–H groups in total. The molecule has 17 heavy (non-hydrogen) atoms. The van der Waals surface area contributed by atoms with E-state index < -0.39 is 0 Å². The summed E-state index contributed by atoms with van der Waals surface area (Å²) in [6.45, 7) is 3.63. The summed E-state index contributed by atoms with van der Waals surface area (Å²) in [5, 5.41) is 3.76. The number of hydrogen-bond donors (Lipinski definition) is 1. The fraction of sp³-hybridized carbons (Fsp3) is 1.00. The fourth-order valence-electron chi connectivity index (χ4n) is 3.37. The molecule has 2 fully saturated rings. The molecular weight excluding hydrogens is 206 g/mol. The van der Waals surface area contributed by atoms with E-state index in [-0.39, 0.29) is 0 Å². The van der Waals surface area contributed by atoms with Gasteiger partial charge >= 0.3 is 0 Å². The molecular formula is C16H31N. The molecule has 0 spiro atoms. The number of nitrogens with one attached hydrogen (secondary N) is 1. The summed E-state index contributed by atoms with van der Waals surface area (Å²) in [6.07, 6.45) is 16.2. The molecule has 0 bridgehead atoms.